The van der Waals surface area contributed by atoms with E-state index in [-0.39, 0.29) is 11.8 Å². The Balaban J connectivity index is 1.04. The smallest absolute Gasteiger partial charge is 0.265 e. The first-order valence-electron chi connectivity index (χ1n) is 15.9. The van der Waals surface area contributed by atoms with E-state index >= 15 is 0 Å². The first kappa shape index (κ1) is 30.9. The number of benzene rings is 4. The van der Waals surface area contributed by atoms with Crippen LogP contribution in [0.15, 0.2) is 107 Å². The van der Waals surface area contributed by atoms with Gasteiger partial charge in [0.1, 0.15) is 0 Å². The van der Waals surface area contributed by atoms with Gasteiger partial charge in [-0.05, 0) is 105 Å². The molecule has 0 atom stereocenters. The average Bonchev–Trinajstić information content (AvgIpc) is 3.06. The maximum Gasteiger partial charge on any atom is 0.265 e. The number of hydrogen-bond acceptors (Lipinski definition) is 4. The van der Waals surface area contributed by atoms with Crippen LogP contribution >= 0.6 is 11.8 Å². The molecule has 5 nitrogen and oxygen atoms in total. The second-order valence-electron chi connectivity index (χ2n) is 12.3. The van der Waals surface area contributed by atoms with Gasteiger partial charge in [0.15, 0.2) is 0 Å². The van der Waals surface area contributed by atoms with Gasteiger partial charge in [0.2, 0.25) is 0 Å². The summed E-state index contributed by atoms with van der Waals surface area (Å²) >= 11 is 1.50. The Labute approximate surface area is 271 Å². The van der Waals surface area contributed by atoms with Gasteiger partial charge in [-0.25, -0.2) is 0 Å². The number of rotatable bonds is 9. The number of anilines is 1. The number of nitrogens with zero attached hydrogens (tertiary/aromatic N) is 2. The van der Waals surface area contributed by atoms with Crippen LogP contribution in [0.2, 0.25) is 0 Å². The van der Waals surface area contributed by atoms with Crippen LogP contribution in [0.5, 0.6) is 0 Å². The van der Waals surface area contributed by atoms with Crippen molar-refractivity contribution in [2.24, 2.45) is 5.92 Å². The Morgan fingerprint density at radius 2 is 1.64 bits per heavy atom. The van der Waals surface area contributed by atoms with Crippen molar-refractivity contribution in [2.45, 2.75) is 44.6 Å². The topological polar surface area (TPSA) is 52.7 Å². The number of para-hydroxylation sites is 1. The van der Waals surface area contributed by atoms with Gasteiger partial charge in [0.25, 0.3) is 11.8 Å². The molecule has 230 valence electrons. The standard InChI is InChI=1S/C39H41N3O2S/c1-28-12-13-29(2)34(24-28)27-42-35-10-6-7-11-36(35)45-37(39(42)44)26-31-14-16-33(17-15-31)38(43)40-20-23-41-21-18-32(19-22-41)25-30-8-4-3-5-9-30/h3-17,24,26,32H,18-23,25,27H2,1-2H3,(H,40,43). The fourth-order valence-corrected chi connectivity index (χ4v) is 7.29. The number of carbonyl (C=O) groups is 2. The predicted octanol–water partition coefficient (Wildman–Crippen LogP) is 7.67. The van der Waals surface area contributed by atoms with Gasteiger partial charge in [-0.2, -0.15) is 0 Å². The van der Waals surface area contributed by atoms with Crippen LogP contribution in [0.4, 0.5) is 5.69 Å². The number of likely N-dealkylation sites (tertiary alicyclic amines) is 1. The number of thioether (sulfide) groups is 1. The largest absolute Gasteiger partial charge is 0.351 e. The first-order chi connectivity index (χ1) is 21.9. The molecule has 1 N–H and O–H groups in total. The van der Waals surface area contributed by atoms with Gasteiger partial charge >= 0.3 is 0 Å². The molecule has 6 heteroatoms. The minimum absolute atomic E-state index is 0.00877. The van der Waals surface area contributed by atoms with Crippen molar-refractivity contribution in [3.8, 4) is 0 Å². The summed E-state index contributed by atoms with van der Waals surface area (Å²) in [5.74, 6) is 0.666. The zero-order chi connectivity index (χ0) is 31.2. The summed E-state index contributed by atoms with van der Waals surface area (Å²) < 4.78 is 0. The average molecular weight is 616 g/mol. The van der Waals surface area contributed by atoms with Crippen molar-refractivity contribution in [1.29, 1.82) is 0 Å². The molecule has 0 radical (unpaired) electrons. The summed E-state index contributed by atoms with van der Waals surface area (Å²) in [6.07, 6.45) is 5.50. The highest BCUT2D eigenvalue weighted by molar-refractivity contribution is 8.04. The van der Waals surface area contributed by atoms with Crippen LogP contribution in [0.1, 0.15) is 51.0 Å². The maximum absolute atomic E-state index is 13.8. The summed E-state index contributed by atoms with van der Waals surface area (Å²) in [5, 5.41) is 3.09. The summed E-state index contributed by atoms with van der Waals surface area (Å²) in [6.45, 7) is 8.36. The highest BCUT2D eigenvalue weighted by Crippen LogP contribution is 2.42. The molecule has 0 spiro atoms. The van der Waals surface area contributed by atoms with E-state index in [4.69, 9.17) is 0 Å². The number of nitrogens with one attached hydrogen (secondary N) is 1. The minimum Gasteiger partial charge on any atom is -0.351 e. The molecule has 4 aromatic carbocycles. The van der Waals surface area contributed by atoms with Gasteiger partial charge in [0.05, 0.1) is 17.1 Å². The fraction of sp³-hybridized carbons (Fsp3) is 0.282. The highest BCUT2D eigenvalue weighted by atomic mass is 32.2. The molecule has 0 aliphatic carbocycles. The molecule has 0 aromatic heterocycles. The quantitative estimate of drug-likeness (QED) is 0.196. The van der Waals surface area contributed by atoms with Gasteiger partial charge in [0, 0.05) is 23.5 Å². The monoisotopic (exact) mass is 615 g/mol. The second-order valence-corrected chi connectivity index (χ2v) is 13.3. The first-order valence-corrected chi connectivity index (χ1v) is 16.8. The van der Waals surface area contributed by atoms with Crippen LogP contribution < -0.4 is 10.2 Å². The van der Waals surface area contributed by atoms with Crippen LogP contribution in [0.25, 0.3) is 6.08 Å². The zero-order valence-electron chi connectivity index (χ0n) is 26.2. The number of amides is 2. The minimum atomic E-state index is -0.0649. The lowest BCUT2D eigenvalue weighted by Crippen LogP contribution is -2.39. The van der Waals surface area contributed by atoms with E-state index in [2.05, 4.69) is 78.7 Å². The number of aryl methyl sites for hydroxylation is 2. The highest BCUT2D eigenvalue weighted by Gasteiger charge is 2.29. The lowest BCUT2D eigenvalue weighted by molar-refractivity contribution is -0.114. The zero-order valence-corrected chi connectivity index (χ0v) is 27.0. The van der Waals surface area contributed by atoms with E-state index in [0.717, 1.165) is 53.7 Å². The van der Waals surface area contributed by atoms with Gasteiger partial charge in [-0.1, -0.05) is 90.1 Å². The van der Waals surface area contributed by atoms with Crippen molar-refractivity contribution >= 4 is 35.3 Å². The lowest BCUT2D eigenvalue weighted by Gasteiger charge is -2.32. The molecular formula is C39H41N3O2S. The molecule has 0 unspecified atom stereocenters. The SMILES string of the molecule is Cc1ccc(C)c(CN2C(=O)C(=Cc3ccc(C(=O)NCCN4CCC(Cc5ccccc5)CC4)cc3)Sc3ccccc32)c1. The Morgan fingerprint density at radius 3 is 2.42 bits per heavy atom. The van der Waals surface area contributed by atoms with E-state index in [9.17, 15) is 9.59 Å². The second kappa shape index (κ2) is 14.3. The molecule has 2 heterocycles. The summed E-state index contributed by atoms with van der Waals surface area (Å²) in [6, 6.07) is 32.7. The normalized spacial score (nSPS) is 16.5. The van der Waals surface area contributed by atoms with Gasteiger partial charge in [-0.3, -0.25) is 9.59 Å². The Bertz CT molecular complexity index is 1670. The maximum atomic E-state index is 13.8. The predicted molar refractivity (Wildman–Crippen MR) is 185 cm³/mol. The van der Waals surface area contributed by atoms with Gasteiger partial charge < -0.3 is 15.1 Å². The Hall–Kier alpha value is -4.13. The van der Waals surface area contributed by atoms with Crippen molar-refractivity contribution in [3.63, 3.8) is 0 Å². The lowest BCUT2D eigenvalue weighted by atomic mass is 9.90. The van der Waals surface area contributed by atoms with E-state index in [0.29, 0.717) is 23.6 Å². The number of fused-ring (bicyclic) bond motifs is 1. The molecule has 2 aliphatic rings. The molecule has 0 saturated carbocycles. The third-order valence-corrected chi connectivity index (χ3v) is 10.0. The summed E-state index contributed by atoms with van der Waals surface area (Å²) in [5.41, 5.74) is 7.39. The van der Waals surface area contributed by atoms with Crippen molar-refractivity contribution < 1.29 is 9.59 Å². The molecule has 4 aromatic rings. The van der Waals surface area contributed by atoms with E-state index in [1.807, 2.05) is 53.4 Å². The molecule has 1 saturated heterocycles. The fourth-order valence-electron chi connectivity index (χ4n) is 6.23. The number of carbonyl (C=O) groups excluding carboxylic acids is 2. The van der Waals surface area contributed by atoms with Crippen molar-refractivity contribution in [1.82, 2.24) is 10.2 Å². The number of hydrogen-bond donors (Lipinski definition) is 1. The van der Waals surface area contributed by atoms with Crippen LogP contribution in [0.3, 0.4) is 0 Å². The Morgan fingerprint density at radius 1 is 0.911 bits per heavy atom. The van der Waals surface area contributed by atoms with Crippen LogP contribution in [0, 0.1) is 19.8 Å². The van der Waals surface area contributed by atoms with E-state index in [1.165, 1.54) is 41.3 Å². The Kier molecular flexibility index (Phi) is 9.82. The van der Waals surface area contributed by atoms with Crippen molar-refractivity contribution in [3.05, 3.63) is 135 Å². The molecule has 1 fully saturated rings. The van der Waals surface area contributed by atoms with Crippen LogP contribution in [-0.4, -0.2) is 42.9 Å². The number of piperidine rings is 1. The third kappa shape index (κ3) is 7.75. The molecular weight excluding hydrogens is 575 g/mol. The van der Waals surface area contributed by atoms with Gasteiger partial charge in [-0.15, -0.1) is 0 Å². The van der Waals surface area contributed by atoms with Crippen LogP contribution in [-0.2, 0) is 17.8 Å². The molecule has 45 heavy (non-hydrogen) atoms. The molecule has 2 aliphatic heterocycles. The summed E-state index contributed by atoms with van der Waals surface area (Å²) in [7, 11) is 0. The van der Waals surface area contributed by atoms with Crippen molar-refractivity contribution in [2.75, 3.05) is 31.1 Å². The van der Waals surface area contributed by atoms with E-state index < -0.39 is 0 Å². The molecule has 2 amide bonds. The molecule has 6 rings (SSSR count). The van der Waals surface area contributed by atoms with E-state index in [1.54, 1.807) is 0 Å². The summed E-state index contributed by atoms with van der Waals surface area (Å²) in [4.78, 5) is 32.7. The molecule has 0 bridgehead atoms. The third-order valence-electron chi connectivity index (χ3n) is 8.92.